The van der Waals surface area contributed by atoms with Crippen LogP contribution in [0, 0.1) is 5.82 Å². The quantitative estimate of drug-likeness (QED) is 0.624. The highest BCUT2D eigenvalue weighted by Crippen LogP contribution is 2.37. The summed E-state index contributed by atoms with van der Waals surface area (Å²) in [5.74, 6) is -0.530. The second-order valence-corrected chi connectivity index (χ2v) is 9.79. The minimum Gasteiger partial charge on any atom is -0.372 e. The minimum atomic E-state index is -0.360. The molecule has 2 aliphatic heterocycles. The van der Waals surface area contributed by atoms with Crippen LogP contribution in [0.4, 0.5) is 10.1 Å². The summed E-state index contributed by atoms with van der Waals surface area (Å²) < 4.78 is 20.3. The molecule has 0 aliphatic carbocycles. The van der Waals surface area contributed by atoms with Gasteiger partial charge in [-0.3, -0.25) is 9.69 Å². The standard InChI is InChI=1S/C25H28FN3O2S/c1-16-15-29(21-7-6-20(26)18-4-2-3-5-19(18)21)12-11-28(16)10-8-22-24-17(9-13-31-22)14-23(32-24)25(27)30/h2-7,14,16,22H,8-13,15H2,1H3,(H2,27,30)/t16-,22?/m0/s1. The maximum absolute atomic E-state index is 14.2. The molecule has 1 unspecified atom stereocenters. The summed E-state index contributed by atoms with van der Waals surface area (Å²) >= 11 is 1.48. The molecule has 1 fully saturated rings. The molecule has 2 aliphatic rings. The van der Waals surface area contributed by atoms with Crippen LogP contribution in [0.15, 0.2) is 42.5 Å². The van der Waals surface area contributed by atoms with Gasteiger partial charge < -0.3 is 15.4 Å². The van der Waals surface area contributed by atoms with Gasteiger partial charge in [-0.1, -0.05) is 24.3 Å². The Bertz CT molecular complexity index is 1150. The van der Waals surface area contributed by atoms with Gasteiger partial charge in [0.1, 0.15) is 5.82 Å². The monoisotopic (exact) mass is 453 g/mol. The number of halogens is 1. The number of anilines is 1. The number of hydrogen-bond acceptors (Lipinski definition) is 5. The van der Waals surface area contributed by atoms with Crippen molar-refractivity contribution in [2.24, 2.45) is 5.73 Å². The average Bonchev–Trinajstić information content (AvgIpc) is 3.24. The van der Waals surface area contributed by atoms with Gasteiger partial charge in [0.05, 0.1) is 17.6 Å². The van der Waals surface area contributed by atoms with E-state index in [1.165, 1.54) is 16.9 Å². The van der Waals surface area contributed by atoms with Gasteiger partial charge in [-0.25, -0.2) is 4.39 Å². The highest BCUT2D eigenvalue weighted by Gasteiger charge is 2.29. The Kier molecular flexibility index (Phi) is 5.88. The highest BCUT2D eigenvalue weighted by atomic mass is 32.1. The summed E-state index contributed by atoms with van der Waals surface area (Å²) in [6.07, 6.45) is 1.77. The summed E-state index contributed by atoms with van der Waals surface area (Å²) in [4.78, 5) is 18.2. The molecule has 1 amide bonds. The van der Waals surface area contributed by atoms with E-state index in [4.69, 9.17) is 10.5 Å². The number of carbonyl (C=O) groups is 1. The predicted molar refractivity (Wildman–Crippen MR) is 127 cm³/mol. The van der Waals surface area contributed by atoms with Crippen molar-refractivity contribution in [1.82, 2.24) is 4.90 Å². The Morgan fingerprint density at radius 1 is 1.22 bits per heavy atom. The van der Waals surface area contributed by atoms with E-state index in [9.17, 15) is 9.18 Å². The van der Waals surface area contributed by atoms with Gasteiger partial charge in [-0.2, -0.15) is 0 Å². The van der Waals surface area contributed by atoms with Gasteiger partial charge in [0.15, 0.2) is 0 Å². The van der Waals surface area contributed by atoms with E-state index in [1.54, 1.807) is 6.07 Å². The molecule has 5 rings (SSSR count). The predicted octanol–water partition coefficient (Wildman–Crippen LogP) is 4.35. The molecule has 0 spiro atoms. The molecular formula is C25H28FN3O2S. The summed E-state index contributed by atoms with van der Waals surface area (Å²) in [6, 6.07) is 13.5. The van der Waals surface area contributed by atoms with Gasteiger partial charge in [0, 0.05) is 53.6 Å². The summed E-state index contributed by atoms with van der Waals surface area (Å²) in [7, 11) is 0. The largest absolute Gasteiger partial charge is 0.372 e. The maximum atomic E-state index is 14.2. The van der Waals surface area contributed by atoms with Crippen molar-refractivity contribution in [3.63, 3.8) is 0 Å². The van der Waals surface area contributed by atoms with E-state index < -0.39 is 0 Å². The first-order chi connectivity index (χ1) is 15.5. The zero-order valence-corrected chi connectivity index (χ0v) is 19.0. The molecule has 7 heteroatoms. The van der Waals surface area contributed by atoms with E-state index in [-0.39, 0.29) is 17.8 Å². The number of thiophene rings is 1. The molecule has 3 aromatic rings. The first kappa shape index (κ1) is 21.4. The molecule has 0 bridgehead atoms. The van der Waals surface area contributed by atoms with Gasteiger partial charge in [0.25, 0.3) is 5.91 Å². The fourth-order valence-corrected chi connectivity index (χ4v) is 6.13. The molecule has 5 nitrogen and oxygen atoms in total. The molecule has 1 aromatic heterocycles. The third-order valence-electron chi connectivity index (χ3n) is 6.70. The third-order valence-corrected chi connectivity index (χ3v) is 7.98. The van der Waals surface area contributed by atoms with Gasteiger partial charge in [-0.05, 0) is 43.5 Å². The summed E-state index contributed by atoms with van der Waals surface area (Å²) in [5.41, 5.74) is 7.79. The van der Waals surface area contributed by atoms with E-state index in [0.717, 1.165) is 55.0 Å². The third kappa shape index (κ3) is 4.00. The lowest BCUT2D eigenvalue weighted by atomic mass is 10.0. The fourth-order valence-electron chi connectivity index (χ4n) is 4.98. The number of ether oxygens (including phenoxy) is 1. The topological polar surface area (TPSA) is 58.8 Å². The normalized spacial score (nSPS) is 21.6. The average molecular weight is 454 g/mol. The Balaban J connectivity index is 1.25. The van der Waals surface area contributed by atoms with Crippen molar-refractivity contribution in [3.05, 3.63) is 63.6 Å². The van der Waals surface area contributed by atoms with Crippen molar-refractivity contribution in [2.45, 2.75) is 31.9 Å². The minimum absolute atomic E-state index is 0.0307. The van der Waals surface area contributed by atoms with Crippen molar-refractivity contribution in [1.29, 1.82) is 0 Å². The Morgan fingerprint density at radius 3 is 2.81 bits per heavy atom. The van der Waals surface area contributed by atoms with Crippen LogP contribution >= 0.6 is 11.3 Å². The molecule has 3 heterocycles. The molecule has 1 saturated heterocycles. The van der Waals surface area contributed by atoms with Crippen LogP contribution in [-0.4, -0.2) is 49.6 Å². The molecule has 2 N–H and O–H groups in total. The van der Waals surface area contributed by atoms with Gasteiger partial charge >= 0.3 is 0 Å². The number of carbonyl (C=O) groups excluding carboxylic acids is 1. The number of fused-ring (bicyclic) bond motifs is 2. The van der Waals surface area contributed by atoms with Crippen LogP contribution in [-0.2, 0) is 11.2 Å². The van der Waals surface area contributed by atoms with Gasteiger partial charge in [-0.15, -0.1) is 11.3 Å². The van der Waals surface area contributed by atoms with Crippen LogP contribution in [0.25, 0.3) is 10.8 Å². The SMILES string of the molecule is C[C@H]1CN(c2ccc(F)c3ccccc23)CCN1CCC1OCCc2cc(C(N)=O)sc21. The van der Waals surface area contributed by atoms with Crippen molar-refractivity contribution >= 4 is 33.7 Å². The van der Waals surface area contributed by atoms with E-state index in [2.05, 4.69) is 16.7 Å². The van der Waals surface area contributed by atoms with Crippen molar-refractivity contribution in [3.8, 4) is 0 Å². The maximum Gasteiger partial charge on any atom is 0.258 e. The molecule has 0 radical (unpaired) electrons. The Morgan fingerprint density at radius 2 is 2.03 bits per heavy atom. The van der Waals surface area contributed by atoms with Gasteiger partial charge in [0.2, 0.25) is 0 Å². The summed E-state index contributed by atoms with van der Waals surface area (Å²) in [5, 5.41) is 1.65. The smallest absolute Gasteiger partial charge is 0.258 e. The Hall–Kier alpha value is -2.48. The lowest BCUT2D eigenvalue weighted by molar-refractivity contribution is 0.0283. The first-order valence-electron chi connectivity index (χ1n) is 11.2. The van der Waals surface area contributed by atoms with E-state index >= 15 is 0 Å². The van der Waals surface area contributed by atoms with E-state index in [0.29, 0.717) is 22.9 Å². The second-order valence-electron chi connectivity index (χ2n) is 8.71. The number of rotatable bonds is 5. The van der Waals surface area contributed by atoms with Crippen LogP contribution in [0.5, 0.6) is 0 Å². The lowest BCUT2D eigenvalue weighted by Gasteiger charge is -2.42. The molecule has 2 aromatic carbocycles. The molecule has 0 saturated carbocycles. The highest BCUT2D eigenvalue weighted by molar-refractivity contribution is 7.14. The van der Waals surface area contributed by atoms with Crippen LogP contribution in [0.3, 0.4) is 0 Å². The number of hydrogen-bond donors (Lipinski definition) is 1. The van der Waals surface area contributed by atoms with Crippen LogP contribution in [0.1, 0.15) is 39.6 Å². The number of piperazine rings is 1. The fraction of sp³-hybridized carbons (Fsp3) is 0.400. The lowest BCUT2D eigenvalue weighted by Crippen LogP contribution is -2.52. The molecule has 2 atom stereocenters. The number of amides is 1. The zero-order chi connectivity index (χ0) is 22.2. The first-order valence-corrected chi connectivity index (χ1v) is 12.0. The van der Waals surface area contributed by atoms with Crippen molar-refractivity contribution < 1.29 is 13.9 Å². The van der Waals surface area contributed by atoms with Crippen LogP contribution in [0.2, 0.25) is 0 Å². The molecule has 168 valence electrons. The molecule has 32 heavy (non-hydrogen) atoms. The number of primary amides is 1. The number of nitrogens with zero attached hydrogens (tertiary/aromatic N) is 2. The number of benzene rings is 2. The summed E-state index contributed by atoms with van der Waals surface area (Å²) in [6.45, 7) is 6.63. The number of nitrogens with two attached hydrogens (primary N) is 1. The Labute approximate surface area is 191 Å². The zero-order valence-electron chi connectivity index (χ0n) is 18.2. The van der Waals surface area contributed by atoms with Crippen molar-refractivity contribution in [2.75, 3.05) is 37.7 Å². The molecular weight excluding hydrogens is 425 g/mol. The second kappa shape index (κ2) is 8.81. The van der Waals surface area contributed by atoms with Crippen LogP contribution < -0.4 is 10.6 Å². The van der Waals surface area contributed by atoms with E-state index in [1.807, 2.05) is 36.4 Å².